The van der Waals surface area contributed by atoms with Crippen molar-refractivity contribution in [2.75, 3.05) is 0 Å². The Balaban J connectivity index is 2.07. The first-order chi connectivity index (χ1) is 8.74. The number of rotatable bonds is 2. The predicted octanol–water partition coefficient (Wildman–Crippen LogP) is 3.58. The molecule has 2 aromatic heterocycles. The summed E-state index contributed by atoms with van der Waals surface area (Å²) in [7, 11) is 0. The largest absolute Gasteiger partial charge is 0.332 e. The number of hydrogen-bond donors (Lipinski definition) is 0. The van der Waals surface area contributed by atoms with E-state index in [1.807, 2.05) is 36.4 Å². The standard InChI is InChI=1S/C13H10ClN3O/c1-8(14)12-16-13(18-17-12)11-7-6-9-4-2-3-5-10(9)15-11/h2-8H,1H3. The first-order valence-electron chi connectivity index (χ1n) is 5.58. The maximum Gasteiger partial charge on any atom is 0.276 e. The molecule has 0 aliphatic rings. The van der Waals surface area contributed by atoms with E-state index in [0.717, 1.165) is 10.9 Å². The molecule has 0 radical (unpaired) electrons. The molecule has 0 saturated heterocycles. The second-order valence-electron chi connectivity index (χ2n) is 3.96. The van der Waals surface area contributed by atoms with E-state index in [0.29, 0.717) is 17.4 Å². The molecule has 3 aromatic rings. The van der Waals surface area contributed by atoms with Gasteiger partial charge in [-0.25, -0.2) is 4.98 Å². The lowest BCUT2D eigenvalue weighted by atomic mass is 10.2. The van der Waals surface area contributed by atoms with E-state index in [2.05, 4.69) is 15.1 Å². The fourth-order valence-electron chi connectivity index (χ4n) is 1.69. The van der Waals surface area contributed by atoms with Crippen LogP contribution >= 0.6 is 11.6 Å². The van der Waals surface area contributed by atoms with Crippen molar-refractivity contribution >= 4 is 22.5 Å². The Morgan fingerprint density at radius 1 is 1.11 bits per heavy atom. The van der Waals surface area contributed by atoms with Crippen LogP contribution in [0.2, 0.25) is 0 Å². The van der Waals surface area contributed by atoms with Gasteiger partial charge in [-0.2, -0.15) is 4.98 Å². The summed E-state index contributed by atoms with van der Waals surface area (Å²) in [5, 5.41) is 4.61. The van der Waals surface area contributed by atoms with Crippen LogP contribution < -0.4 is 0 Å². The second kappa shape index (κ2) is 4.38. The molecule has 0 amide bonds. The Morgan fingerprint density at radius 2 is 1.94 bits per heavy atom. The first-order valence-corrected chi connectivity index (χ1v) is 6.01. The molecule has 0 aliphatic heterocycles. The molecule has 1 aromatic carbocycles. The van der Waals surface area contributed by atoms with Crippen LogP contribution in [-0.4, -0.2) is 15.1 Å². The van der Waals surface area contributed by atoms with Gasteiger partial charge in [0.25, 0.3) is 5.89 Å². The number of halogens is 1. The lowest BCUT2D eigenvalue weighted by Crippen LogP contribution is -1.88. The van der Waals surface area contributed by atoms with E-state index in [1.165, 1.54) is 0 Å². The average Bonchev–Trinajstić information content (AvgIpc) is 2.88. The summed E-state index contributed by atoms with van der Waals surface area (Å²) >= 11 is 5.89. The fourth-order valence-corrected chi connectivity index (χ4v) is 1.77. The van der Waals surface area contributed by atoms with E-state index in [9.17, 15) is 0 Å². The maximum atomic E-state index is 5.89. The molecule has 0 N–H and O–H groups in total. The molecule has 0 aliphatic carbocycles. The summed E-state index contributed by atoms with van der Waals surface area (Å²) < 4.78 is 5.15. The molecule has 0 spiro atoms. The third kappa shape index (κ3) is 1.95. The Morgan fingerprint density at radius 3 is 2.72 bits per heavy atom. The predicted molar refractivity (Wildman–Crippen MR) is 69.3 cm³/mol. The van der Waals surface area contributed by atoms with Crippen LogP contribution in [0.4, 0.5) is 0 Å². The van der Waals surface area contributed by atoms with E-state index < -0.39 is 0 Å². The van der Waals surface area contributed by atoms with Crippen LogP contribution in [0.25, 0.3) is 22.5 Å². The topological polar surface area (TPSA) is 51.8 Å². The van der Waals surface area contributed by atoms with Crippen molar-refractivity contribution in [3.63, 3.8) is 0 Å². The molecule has 2 heterocycles. The number of benzene rings is 1. The number of pyridine rings is 1. The van der Waals surface area contributed by atoms with Gasteiger partial charge in [-0.15, -0.1) is 11.6 Å². The number of nitrogens with zero attached hydrogens (tertiary/aromatic N) is 3. The van der Waals surface area contributed by atoms with Crippen LogP contribution in [0, 0.1) is 0 Å². The van der Waals surface area contributed by atoms with Gasteiger partial charge < -0.3 is 4.52 Å². The summed E-state index contributed by atoms with van der Waals surface area (Å²) in [6.45, 7) is 1.80. The molecular formula is C13H10ClN3O. The summed E-state index contributed by atoms with van der Waals surface area (Å²) in [5.74, 6) is 0.866. The van der Waals surface area contributed by atoms with Crippen molar-refractivity contribution in [1.29, 1.82) is 0 Å². The Bertz CT molecular complexity index is 693. The highest BCUT2D eigenvalue weighted by Crippen LogP contribution is 2.22. The third-order valence-corrected chi connectivity index (χ3v) is 2.81. The number of fused-ring (bicyclic) bond motifs is 1. The van der Waals surface area contributed by atoms with Gasteiger partial charge in [0.2, 0.25) is 0 Å². The van der Waals surface area contributed by atoms with Gasteiger partial charge in [0.1, 0.15) is 5.69 Å². The maximum absolute atomic E-state index is 5.89. The van der Waals surface area contributed by atoms with Gasteiger partial charge in [0, 0.05) is 5.39 Å². The lowest BCUT2D eigenvalue weighted by molar-refractivity contribution is 0.421. The molecule has 5 heteroatoms. The molecule has 0 fully saturated rings. The molecule has 18 heavy (non-hydrogen) atoms. The zero-order valence-electron chi connectivity index (χ0n) is 9.67. The molecule has 1 unspecified atom stereocenters. The molecule has 90 valence electrons. The van der Waals surface area contributed by atoms with Gasteiger partial charge >= 0.3 is 0 Å². The van der Waals surface area contributed by atoms with E-state index in [-0.39, 0.29) is 5.38 Å². The van der Waals surface area contributed by atoms with Crippen molar-refractivity contribution in [2.24, 2.45) is 0 Å². The quantitative estimate of drug-likeness (QED) is 0.660. The van der Waals surface area contributed by atoms with Crippen LogP contribution in [0.1, 0.15) is 18.1 Å². The highest BCUT2D eigenvalue weighted by molar-refractivity contribution is 6.20. The highest BCUT2D eigenvalue weighted by atomic mass is 35.5. The van der Waals surface area contributed by atoms with Crippen molar-refractivity contribution < 1.29 is 4.52 Å². The molecule has 0 saturated carbocycles. The lowest BCUT2D eigenvalue weighted by Gasteiger charge is -1.98. The van der Waals surface area contributed by atoms with Gasteiger partial charge in [-0.3, -0.25) is 0 Å². The van der Waals surface area contributed by atoms with Crippen molar-refractivity contribution in [1.82, 2.24) is 15.1 Å². The first kappa shape index (κ1) is 11.2. The third-order valence-electron chi connectivity index (χ3n) is 2.62. The number of hydrogen-bond acceptors (Lipinski definition) is 4. The summed E-state index contributed by atoms with van der Waals surface area (Å²) in [4.78, 5) is 8.69. The molecule has 0 bridgehead atoms. The Kier molecular flexibility index (Phi) is 2.72. The smallest absolute Gasteiger partial charge is 0.276 e. The highest BCUT2D eigenvalue weighted by Gasteiger charge is 2.13. The minimum absolute atomic E-state index is 0.275. The van der Waals surface area contributed by atoms with Crippen LogP contribution in [-0.2, 0) is 0 Å². The Hall–Kier alpha value is -1.94. The zero-order valence-corrected chi connectivity index (χ0v) is 10.4. The van der Waals surface area contributed by atoms with Gasteiger partial charge in [-0.1, -0.05) is 29.4 Å². The average molecular weight is 260 g/mol. The van der Waals surface area contributed by atoms with Gasteiger partial charge in [0.05, 0.1) is 10.9 Å². The zero-order chi connectivity index (χ0) is 12.5. The summed E-state index contributed by atoms with van der Waals surface area (Å²) in [6.07, 6.45) is 0. The number of alkyl halides is 1. The number of aromatic nitrogens is 3. The Labute approximate surface area is 109 Å². The summed E-state index contributed by atoms with van der Waals surface area (Å²) in [5.41, 5.74) is 1.55. The minimum atomic E-state index is -0.275. The van der Waals surface area contributed by atoms with E-state index in [1.54, 1.807) is 6.92 Å². The molecule has 1 atom stereocenters. The molecule has 3 rings (SSSR count). The van der Waals surface area contributed by atoms with Gasteiger partial charge in [-0.05, 0) is 19.1 Å². The fraction of sp³-hybridized carbons (Fsp3) is 0.154. The van der Waals surface area contributed by atoms with Gasteiger partial charge in [0.15, 0.2) is 5.82 Å². The SMILES string of the molecule is CC(Cl)c1noc(-c2ccc3ccccc3n2)n1. The van der Waals surface area contributed by atoms with E-state index in [4.69, 9.17) is 16.1 Å². The van der Waals surface area contributed by atoms with Crippen LogP contribution in [0.5, 0.6) is 0 Å². The van der Waals surface area contributed by atoms with E-state index >= 15 is 0 Å². The van der Waals surface area contributed by atoms with Crippen LogP contribution in [0.3, 0.4) is 0 Å². The van der Waals surface area contributed by atoms with Crippen LogP contribution in [0.15, 0.2) is 40.9 Å². The van der Waals surface area contributed by atoms with Crippen molar-refractivity contribution in [2.45, 2.75) is 12.3 Å². The molecule has 4 nitrogen and oxygen atoms in total. The monoisotopic (exact) mass is 259 g/mol. The number of para-hydroxylation sites is 1. The normalized spacial score (nSPS) is 12.8. The second-order valence-corrected chi connectivity index (χ2v) is 4.62. The van der Waals surface area contributed by atoms with Crippen molar-refractivity contribution in [3.8, 4) is 11.6 Å². The molecular weight excluding hydrogens is 250 g/mol. The van der Waals surface area contributed by atoms with Crippen molar-refractivity contribution in [3.05, 3.63) is 42.2 Å². The summed E-state index contributed by atoms with van der Waals surface area (Å²) in [6, 6.07) is 11.7. The minimum Gasteiger partial charge on any atom is -0.332 e.